The van der Waals surface area contributed by atoms with Gasteiger partial charge in [-0.1, -0.05) is 6.42 Å². The summed E-state index contributed by atoms with van der Waals surface area (Å²) in [6.45, 7) is 0.866. The summed E-state index contributed by atoms with van der Waals surface area (Å²) in [5.41, 5.74) is 0.599. The number of sulfone groups is 1. The Hall–Kier alpha value is -0.590. The van der Waals surface area contributed by atoms with Crippen LogP contribution in [0.3, 0.4) is 0 Å². The molecule has 1 saturated heterocycles. The third-order valence-electron chi connectivity index (χ3n) is 4.22. The first-order valence-corrected chi connectivity index (χ1v) is 10.1. The molecule has 3 rings (SSSR count). The van der Waals surface area contributed by atoms with Crippen molar-refractivity contribution in [3.8, 4) is 0 Å². The molecular formula is C15H20FNO2S2. The minimum Gasteiger partial charge on any atom is -0.309 e. The van der Waals surface area contributed by atoms with Gasteiger partial charge in [-0.15, -0.1) is 0 Å². The molecule has 0 aromatic heterocycles. The minimum atomic E-state index is -3.25. The van der Waals surface area contributed by atoms with E-state index >= 15 is 0 Å². The molecule has 2 heterocycles. The van der Waals surface area contributed by atoms with Crippen molar-refractivity contribution in [3.63, 3.8) is 0 Å². The van der Waals surface area contributed by atoms with Gasteiger partial charge in [-0.25, -0.2) is 12.8 Å². The third kappa shape index (κ3) is 3.43. The number of halogens is 1. The van der Waals surface area contributed by atoms with Gasteiger partial charge >= 0.3 is 0 Å². The molecule has 21 heavy (non-hydrogen) atoms. The molecule has 2 unspecified atom stereocenters. The Morgan fingerprint density at radius 1 is 1.29 bits per heavy atom. The molecule has 0 saturated carbocycles. The van der Waals surface area contributed by atoms with E-state index in [4.69, 9.17) is 0 Å². The van der Waals surface area contributed by atoms with Gasteiger partial charge in [-0.05, 0) is 48.8 Å². The molecule has 0 radical (unpaired) electrons. The molecule has 116 valence electrons. The van der Waals surface area contributed by atoms with Crippen LogP contribution in [0.5, 0.6) is 0 Å². The molecule has 1 aromatic carbocycles. The summed E-state index contributed by atoms with van der Waals surface area (Å²) < 4.78 is 37.7. The van der Waals surface area contributed by atoms with Gasteiger partial charge in [0.25, 0.3) is 0 Å². The van der Waals surface area contributed by atoms with E-state index in [1.165, 1.54) is 43.2 Å². The van der Waals surface area contributed by atoms with Crippen molar-refractivity contribution in [3.05, 3.63) is 29.6 Å². The smallest absolute Gasteiger partial charge is 0.178 e. The van der Waals surface area contributed by atoms with E-state index in [1.54, 1.807) is 0 Å². The predicted octanol–water partition coefficient (Wildman–Crippen LogP) is 2.92. The Balaban J connectivity index is 1.76. The first kappa shape index (κ1) is 15.3. The molecule has 6 heteroatoms. The lowest BCUT2D eigenvalue weighted by atomic mass is 10.0. The molecular weight excluding hydrogens is 309 g/mol. The average molecular weight is 329 g/mol. The Kier molecular flexibility index (Phi) is 4.57. The maximum absolute atomic E-state index is 13.5. The van der Waals surface area contributed by atoms with Gasteiger partial charge in [-0.3, -0.25) is 0 Å². The Morgan fingerprint density at radius 3 is 2.90 bits per heavy atom. The van der Waals surface area contributed by atoms with Crippen LogP contribution < -0.4 is 5.32 Å². The fraction of sp³-hybridized carbons (Fsp3) is 0.600. The Labute approximate surface area is 129 Å². The summed E-state index contributed by atoms with van der Waals surface area (Å²) in [6, 6.07) is 3.96. The maximum Gasteiger partial charge on any atom is 0.178 e. The second kappa shape index (κ2) is 6.26. The fourth-order valence-electron chi connectivity index (χ4n) is 3.07. The highest BCUT2D eigenvalue weighted by atomic mass is 32.2. The zero-order chi connectivity index (χ0) is 14.9. The quantitative estimate of drug-likeness (QED) is 0.866. The molecule has 0 spiro atoms. The average Bonchev–Trinajstić information content (AvgIpc) is 2.47. The largest absolute Gasteiger partial charge is 0.309 e. The maximum atomic E-state index is 13.5. The number of rotatable bonds is 3. The summed E-state index contributed by atoms with van der Waals surface area (Å²) in [5, 5.41) is 4.05. The van der Waals surface area contributed by atoms with Crippen molar-refractivity contribution in [2.45, 2.75) is 41.9 Å². The number of hydrogen-bond acceptors (Lipinski definition) is 4. The first-order chi connectivity index (χ1) is 10.1. The zero-order valence-electron chi connectivity index (χ0n) is 11.8. The molecule has 2 atom stereocenters. The van der Waals surface area contributed by atoms with Gasteiger partial charge in [0.2, 0.25) is 0 Å². The van der Waals surface area contributed by atoms with Crippen molar-refractivity contribution < 1.29 is 12.8 Å². The van der Waals surface area contributed by atoms with Crippen LogP contribution in [0.25, 0.3) is 0 Å². The summed E-state index contributed by atoms with van der Waals surface area (Å²) in [6.07, 6.45) is 4.29. The van der Waals surface area contributed by atoms with E-state index in [-0.39, 0.29) is 17.6 Å². The zero-order valence-corrected chi connectivity index (χ0v) is 13.5. The van der Waals surface area contributed by atoms with Gasteiger partial charge in [0, 0.05) is 17.8 Å². The van der Waals surface area contributed by atoms with E-state index in [1.807, 2.05) is 11.8 Å². The van der Waals surface area contributed by atoms with Crippen LogP contribution in [-0.2, 0) is 9.84 Å². The second-order valence-electron chi connectivity index (χ2n) is 5.74. The van der Waals surface area contributed by atoms with E-state index in [9.17, 15) is 12.8 Å². The van der Waals surface area contributed by atoms with Crippen LogP contribution in [0.2, 0.25) is 0 Å². The summed E-state index contributed by atoms with van der Waals surface area (Å²) in [7, 11) is -3.25. The number of benzene rings is 1. The van der Waals surface area contributed by atoms with Gasteiger partial charge in [0.1, 0.15) is 5.82 Å². The molecule has 2 aliphatic rings. The van der Waals surface area contributed by atoms with Crippen LogP contribution in [0.4, 0.5) is 4.39 Å². The number of fused-ring (bicyclic) bond motifs is 1. The highest BCUT2D eigenvalue weighted by molar-refractivity contribution is 7.99. The lowest BCUT2D eigenvalue weighted by molar-refractivity contribution is 0.476. The molecule has 1 aromatic rings. The monoisotopic (exact) mass is 329 g/mol. The van der Waals surface area contributed by atoms with Gasteiger partial charge in [-0.2, -0.15) is 11.8 Å². The molecule has 1 N–H and O–H groups in total. The highest BCUT2D eigenvalue weighted by Crippen LogP contribution is 2.33. The van der Waals surface area contributed by atoms with E-state index < -0.39 is 9.84 Å². The summed E-state index contributed by atoms with van der Waals surface area (Å²) >= 11 is 1.98. The van der Waals surface area contributed by atoms with Crippen molar-refractivity contribution >= 4 is 21.6 Å². The Morgan fingerprint density at radius 2 is 2.14 bits per heavy atom. The first-order valence-electron chi connectivity index (χ1n) is 7.43. The van der Waals surface area contributed by atoms with Gasteiger partial charge in [0.05, 0.1) is 10.6 Å². The van der Waals surface area contributed by atoms with Crippen molar-refractivity contribution in [2.75, 3.05) is 18.1 Å². The van der Waals surface area contributed by atoms with Crippen LogP contribution >= 0.6 is 11.8 Å². The molecule has 0 aliphatic carbocycles. The fourth-order valence-corrected chi connectivity index (χ4v) is 5.92. The van der Waals surface area contributed by atoms with Crippen molar-refractivity contribution in [1.82, 2.24) is 5.32 Å². The van der Waals surface area contributed by atoms with Crippen molar-refractivity contribution in [2.24, 2.45) is 0 Å². The summed E-state index contributed by atoms with van der Waals surface area (Å²) in [4.78, 5) is 0.295. The number of hydrogen-bond donors (Lipinski definition) is 1. The highest BCUT2D eigenvalue weighted by Gasteiger charge is 2.30. The number of thioether (sulfide) groups is 1. The minimum absolute atomic E-state index is 0.0539. The van der Waals surface area contributed by atoms with E-state index in [0.717, 1.165) is 6.54 Å². The topological polar surface area (TPSA) is 46.2 Å². The summed E-state index contributed by atoms with van der Waals surface area (Å²) in [5.74, 6) is 0.974. The molecule has 0 amide bonds. The van der Waals surface area contributed by atoms with Crippen LogP contribution in [0, 0.1) is 5.82 Å². The van der Waals surface area contributed by atoms with Crippen LogP contribution in [0.1, 0.15) is 37.3 Å². The second-order valence-corrected chi connectivity index (χ2v) is 9.22. The lowest BCUT2D eigenvalue weighted by Gasteiger charge is -2.29. The standard InChI is InChI=1S/C15H20FNO2S2/c16-11-4-5-15-13(9-11)14(6-8-21(15,18)19)17-10-12-3-1-2-7-20-12/h4-5,9,12,14,17H,1-3,6-8,10H2. The van der Waals surface area contributed by atoms with Gasteiger partial charge in [0.15, 0.2) is 9.84 Å². The SMILES string of the molecule is O=S1(=O)CCC(NCC2CCCCS2)c2cc(F)ccc21. The van der Waals surface area contributed by atoms with Crippen LogP contribution in [0.15, 0.2) is 23.1 Å². The van der Waals surface area contributed by atoms with E-state index in [0.29, 0.717) is 22.1 Å². The van der Waals surface area contributed by atoms with E-state index in [2.05, 4.69) is 5.32 Å². The third-order valence-corrected chi connectivity index (χ3v) is 7.44. The molecule has 3 nitrogen and oxygen atoms in total. The molecule has 0 bridgehead atoms. The molecule has 2 aliphatic heterocycles. The normalized spacial score (nSPS) is 28.0. The number of nitrogens with one attached hydrogen (secondary N) is 1. The van der Waals surface area contributed by atoms with Crippen molar-refractivity contribution in [1.29, 1.82) is 0 Å². The Bertz CT molecular complexity index is 612. The van der Waals surface area contributed by atoms with Gasteiger partial charge < -0.3 is 5.32 Å². The van der Waals surface area contributed by atoms with Crippen LogP contribution in [-0.4, -0.2) is 31.7 Å². The molecule has 1 fully saturated rings. The lowest BCUT2D eigenvalue weighted by Crippen LogP contribution is -2.34. The predicted molar refractivity (Wildman–Crippen MR) is 83.9 cm³/mol.